The molecule has 0 fully saturated rings. The fourth-order valence-corrected chi connectivity index (χ4v) is 5.01. The molecule has 3 aromatic rings. The third kappa shape index (κ3) is 5.90. The second kappa shape index (κ2) is 10.4. The van der Waals surface area contributed by atoms with Crippen LogP contribution in [0.25, 0.3) is 0 Å². The number of nitrogens with one attached hydrogen (secondary N) is 1. The number of halogens is 3. The number of aromatic nitrogens is 3. The SMILES string of the molecule is CC[C@@H]1CN(c2ncc(C(F)(F)F)cn2)Cc2cc(C(=O)NCc3ccc(S(=O)(=O)CC)cn3)ccc21. The molecule has 0 radical (unpaired) electrons. The number of fused-ring (bicyclic) bond motifs is 1. The van der Waals surface area contributed by atoms with E-state index in [1.807, 2.05) is 17.9 Å². The fraction of sp³-hybridized carbons (Fsp3) is 0.360. The Balaban J connectivity index is 1.48. The zero-order valence-corrected chi connectivity index (χ0v) is 21.1. The van der Waals surface area contributed by atoms with E-state index in [1.165, 1.54) is 12.3 Å². The summed E-state index contributed by atoms with van der Waals surface area (Å²) >= 11 is 0. The summed E-state index contributed by atoms with van der Waals surface area (Å²) in [7, 11) is -3.35. The lowest BCUT2D eigenvalue weighted by molar-refractivity contribution is -0.138. The van der Waals surface area contributed by atoms with Crippen molar-refractivity contribution in [1.29, 1.82) is 0 Å². The van der Waals surface area contributed by atoms with Crippen LogP contribution in [0.3, 0.4) is 0 Å². The van der Waals surface area contributed by atoms with Crippen LogP contribution in [0.5, 0.6) is 0 Å². The highest BCUT2D eigenvalue weighted by molar-refractivity contribution is 7.91. The summed E-state index contributed by atoms with van der Waals surface area (Å²) < 4.78 is 62.5. The number of amides is 1. The van der Waals surface area contributed by atoms with Crippen molar-refractivity contribution >= 4 is 21.7 Å². The number of anilines is 1. The van der Waals surface area contributed by atoms with Gasteiger partial charge in [0.15, 0.2) is 9.84 Å². The van der Waals surface area contributed by atoms with Crippen molar-refractivity contribution in [3.63, 3.8) is 0 Å². The molecular formula is C25H26F3N5O3S. The lowest BCUT2D eigenvalue weighted by atomic mass is 9.87. The van der Waals surface area contributed by atoms with Crippen molar-refractivity contribution in [3.8, 4) is 0 Å². The van der Waals surface area contributed by atoms with Gasteiger partial charge < -0.3 is 10.2 Å². The van der Waals surface area contributed by atoms with Gasteiger partial charge >= 0.3 is 6.18 Å². The minimum Gasteiger partial charge on any atom is -0.346 e. The maximum Gasteiger partial charge on any atom is 0.419 e. The highest BCUT2D eigenvalue weighted by Gasteiger charge is 2.32. The van der Waals surface area contributed by atoms with E-state index >= 15 is 0 Å². The van der Waals surface area contributed by atoms with Gasteiger partial charge in [-0.05, 0) is 41.8 Å². The molecule has 0 aliphatic carbocycles. The topological polar surface area (TPSA) is 105 Å². The van der Waals surface area contributed by atoms with Crippen molar-refractivity contribution in [2.75, 3.05) is 17.2 Å². The molecule has 4 rings (SSSR count). The van der Waals surface area contributed by atoms with Crippen molar-refractivity contribution < 1.29 is 26.4 Å². The summed E-state index contributed by atoms with van der Waals surface area (Å²) in [5.74, 6) is -0.0454. The minimum absolute atomic E-state index is 0.0234. The average molecular weight is 534 g/mol. The van der Waals surface area contributed by atoms with Gasteiger partial charge in [0.1, 0.15) is 0 Å². The van der Waals surface area contributed by atoms with Gasteiger partial charge in [0, 0.05) is 43.2 Å². The number of hydrogen-bond donors (Lipinski definition) is 1. The Morgan fingerprint density at radius 1 is 1.08 bits per heavy atom. The summed E-state index contributed by atoms with van der Waals surface area (Å²) in [5, 5.41) is 2.79. The predicted octanol–water partition coefficient (Wildman–Crippen LogP) is 4.13. The van der Waals surface area contributed by atoms with E-state index in [9.17, 15) is 26.4 Å². The summed E-state index contributed by atoms with van der Waals surface area (Å²) in [6.07, 6.45) is -0.874. The Morgan fingerprint density at radius 3 is 2.41 bits per heavy atom. The smallest absolute Gasteiger partial charge is 0.346 e. The number of hydrogen-bond acceptors (Lipinski definition) is 7. The third-order valence-corrected chi connectivity index (χ3v) is 8.07. The molecule has 1 aliphatic heterocycles. The van der Waals surface area contributed by atoms with Crippen LogP contribution in [-0.4, -0.2) is 41.6 Å². The molecule has 0 bridgehead atoms. The number of nitrogens with zero attached hydrogens (tertiary/aromatic N) is 4. The molecule has 1 aromatic carbocycles. The summed E-state index contributed by atoms with van der Waals surface area (Å²) in [5.41, 5.74) is 1.99. The first kappa shape index (κ1) is 26.5. The van der Waals surface area contributed by atoms with Crippen LogP contribution in [0.2, 0.25) is 0 Å². The molecule has 1 atom stereocenters. The lowest BCUT2D eigenvalue weighted by Gasteiger charge is -2.34. The van der Waals surface area contributed by atoms with Crippen LogP contribution < -0.4 is 10.2 Å². The van der Waals surface area contributed by atoms with Crippen molar-refractivity contribution in [3.05, 3.63) is 76.9 Å². The molecule has 0 saturated heterocycles. The number of benzene rings is 1. The summed E-state index contributed by atoms with van der Waals surface area (Å²) in [6.45, 7) is 4.60. The second-order valence-corrected chi connectivity index (χ2v) is 11.0. The molecule has 1 amide bonds. The largest absolute Gasteiger partial charge is 0.419 e. The minimum atomic E-state index is -4.51. The van der Waals surface area contributed by atoms with Crippen molar-refractivity contribution in [2.45, 2.75) is 50.3 Å². The molecule has 37 heavy (non-hydrogen) atoms. The summed E-state index contributed by atoms with van der Waals surface area (Å²) in [4.78, 5) is 26.8. The van der Waals surface area contributed by atoms with E-state index in [-0.39, 0.29) is 35.0 Å². The monoisotopic (exact) mass is 533 g/mol. The molecule has 8 nitrogen and oxygen atoms in total. The maximum absolute atomic E-state index is 12.9. The Labute approximate surface area is 212 Å². The zero-order chi connectivity index (χ0) is 26.8. The number of alkyl halides is 3. The molecular weight excluding hydrogens is 507 g/mol. The molecule has 12 heteroatoms. The Bertz CT molecular complexity index is 1380. The molecule has 0 saturated carbocycles. The zero-order valence-electron chi connectivity index (χ0n) is 20.3. The van der Waals surface area contributed by atoms with Gasteiger partial charge in [-0.1, -0.05) is 19.9 Å². The van der Waals surface area contributed by atoms with Gasteiger partial charge in [-0.15, -0.1) is 0 Å². The van der Waals surface area contributed by atoms with Crippen LogP contribution in [0, 0.1) is 0 Å². The van der Waals surface area contributed by atoms with Gasteiger partial charge in [-0.3, -0.25) is 9.78 Å². The quantitative estimate of drug-likeness (QED) is 0.487. The highest BCUT2D eigenvalue weighted by Crippen LogP contribution is 2.34. The molecule has 2 aromatic heterocycles. The first-order valence-electron chi connectivity index (χ1n) is 11.7. The number of sulfone groups is 1. The van der Waals surface area contributed by atoms with E-state index in [0.29, 0.717) is 24.3 Å². The third-order valence-electron chi connectivity index (χ3n) is 6.35. The van der Waals surface area contributed by atoms with Gasteiger partial charge in [-0.2, -0.15) is 13.2 Å². The fourth-order valence-electron chi connectivity index (χ4n) is 4.19. The molecule has 3 heterocycles. The van der Waals surface area contributed by atoms with Crippen molar-refractivity contribution in [1.82, 2.24) is 20.3 Å². The molecule has 0 spiro atoms. The maximum atomic E-state index is 12.9. The van der Waals surface area contributed by atoms with E-state index in [1.54, 1.807) is 25.1 Å². The first-order chi connectivity index (χ1) is 17.5. The van der Waals surface area contributed by atoms with Gasteiger partial charge in [0.25, 0.3) is 5.91 Å². The van der Waals surface area contributed by atoms with Crippen LogP contribution in [0.15, 0.2) is 53.8 Å². The lowest BCUT2D eigenvalue weighted by Crippen LogP contribution is -2.35. The number of carbonyl (C=O) groups excluding carboxylic acids is 1. The standard InChI is InChI=1S/C25H26F3N5O3S/c1-3-16-14-33(24-31-10-19(11-32-24)25(26,27)28)15-18-9-17(5-8-22(16)18)23(34)30-12-20-6-7-21(13-29-20)37(35,36)4-2/h5-11,13,16H,3-4,12,14-15H2,1-2H3,(H,30,34)/t16-/m1/s1. The highest BCUT2D eigenvalue weighted by atomic mass is 32.2. The Kier molecular flexibility index (Phi) is 7.49. The normalized spacial score (nSPS) is 15.8. The van der Waals surface area contributed by atoms with Crippen LogP contribution in [-0.2, 0) is 29.1 Å². The number of carbonyl (C=O) groups is 1. The van der Waals surface area contributed by atoms with Gasteiger partial charge in [-0.25, -0.2) is 18.4 Å². The van der Waals surface area contributed by atoms with E-state index in [4.69, 9.17) is 0 Å². The molecule has 1 aliphatic rings. The first-order valence-corrected chi connectivity index (χ1v) is 13.4. The van der Waals surface area contributed by atoms with Gasteiger partial charge in [0.2, 0.25) is 5.95 Å². The molecule has 196 valence electrons. The van der Waals surface area contributed by atoms with E-state index in [0.717, 1.165) is 29.9 Å². The van der Waals surface area contributed by atoms with Gasteiger partial charge in [0.05, 0.1) is 28.5 Å². The van der Waals surface area contributed by atoms with E-state index < -0.39 is 21.6 Å². The molecule has 1 N–H and O–H groups in total. The number of rotatable bonds is 7. The van der Waals surface area contributed by atoms with E-state index in [2.05, 4.69) is 20.3 Å². The number of pyridine rings is 1. The summed E-state index contributed by atoms with van der Waals surface area (Å²) in [6, 6.07) is 8.45. The average Bonchev–Trinajstić information content (AvgIpc) is 2.90. The Hall–Kier alpha value is -3.54. The molecule has 0 unspecified atom stereocenters. The van der Waals surface area contributed by atoms with Crippen LogP contribution >= 0.6 is 0 Å². The Morgan fingerprint density at radius 2 is 1.81 bits per heavy atom. The van der Waals surface area contributed by atoms with Crippen LogP contribution in [0.1, 0.15) is 58.9 Å². The second-order valence-electron chi connectivity index (χ2n) is 8.74. The van der Waals surface area contributed by atoms with Crippen LogP contribution in [0.4, 0.5) is 19.1 Å². The predicted molar refractivity (Wildman–Crippen MR) is 131 cm³/mol. The van der Waals surface area contributed by atoms with Crippen molar-refractivity contribution in [2.24, 2.45) is 0 Å².